The third kappa shape index (κ3) is 4.87. The van der Waals surface area contributed by atoms with Crippen LogP contribution in [0.25, 0.3) is 0 Å². The van der Waals surface area contributed by atoms with E-state index in [1.165, 1.54) is 31.4 Å². The molecule has 1 atom stereocenters. The molecule has 0 N–H and O–H groups in total. The minimum atomic E-state index is -1.98. The molecule has 0 saturated heterocycles. The van der Waals surface area contributed by atoms with E-state index in [0.29, 0.717) is 41.3 Å². The van der Waals surface area contributed by atoms with E-state index in [1.807, 2.05) is 23.1 Å². The molecule has 0 radical (unpaired) electrons. The number of methoxy groups -OCH3 is 1. The normalized spacial score (nSPS) is 19.8. The van der Waals surface area contributed by atoms with Crippen molar-refractivity contribution in [1.29, 1.82) is 0 Å². The molecule has 1 aromatic carbocycles. The number of rotatable bonds is 8. The van der Waals surface area contributed by atoms with Crippen molar-refractivity contribution in [2.24, 2.45) is 0 Å². The van der Waals surface area contributed by atoms with Crippen LogP contribution in [0.3, 0.4) is 0 Å². The highest BCUT2D eigenvalue weighted by atomic mass is 32.1. The second-order valence-corrected chi connectivity index (χ2v) is 10.1. The van der Waals surface area contributed by atoms with Gasteiger partial charge in [0.25, 0.3) is 0 Å². The zero-order valence-corrected chi connectivity index (χ0v) is 21.7. The fraction of sp³-hybridized carbons (Fsp3) is 0.286. The highest BCUT2D eigenvalue weighted by molar-refractivity contribution is 7.12. The van der Waals surface area contributed by atoms with Crippen molar-refractivity contribution in [3.8, 4) is 11.5 Å². The number of carbonyl (C=O) groups excluding carboxylic acids is 4. The van der Waals surface area contributed by atoms with E-state index in [-0.39, 0.29) is 24.8 Å². The van der Waals surface area contributed by atoms with Gasteiger partial charge in [-0.25, -0.2) is 4.79 Å². The maximum Gasteiger partial charge on any atom is 0.349 e. The first-order valence-corrected chi connectivity index (χ1v) is 12.9. The molecular formula is C28H25NO8S. The summed E-state index contributed by atoms with van der Waals surface area (Å²) in [5, 5.41) is 1.71. The summed E-state index contributed by atoms with van der Waals surface area (Å²) < 4.78 is 21.1. The maximum atomic E-state index is 13.6. The van der Waals surface area contributed by atoms with E-state index < -0.39 is 23.1 Å². The van der Waals surface area contributed by atoms with Gasteiger partial charge in [0.1, 0.15) is 4.88 Å². The number of esters is 2. The SMILES string of the molecule is COC(=O)CCCC1=CC2=CC(=O)C(C)(OC(=O)c3cccs3)C(=O)C2=CN1Cc1ccc2c(c1)OCO2. The summed E-state index contributed by atoms with van der Waals surface area (Å²) in [6.07, 6.45) is 6.05. The molecule has 0 bridgehead atoms. The van der Waals surface area contributed by atoms with Crippen LogP contribution in [0.2, 0.25) is 0 Å². The molecule has 2 aliphatic heterocycles. The Morgan fingerprint density at radius 1 is 1.13 bits per heavy atom. The number of allylic oxidation sites excluding steroid dienone is 3. The van der Waals surface area contributed by atoms with E-state index >= 15 is 0 Å². The predicted octanol–water partition coefficient (Wildman–Crippen LogP) is 4.10. The highest BCUT2D eigenvalue weighted by Gasteiger charge is 2.49. The van der Waals surface area contributed by atoms with Gasteiger partial charge in [-0.15, -0.1) is 11.3 Å². The number of ketones is 2. The first-order chi connectivity index (χ1) is 18.3. The number of benzene rings is 1. The molecular weight excluding hydrogens is 510 g/mol. The lowest BCUT2D eigenvalue weighted by atomic mass is 9.79. The van der Waals surface area contributed by atoms with Gasteiger partial charge < -0.3 is 23.8 Å². The van der Waals surface area contributed by atoms with Crippen LogP contribution in [0, 0.1) is 0 Å². The van der Waals surface area contributed by atoms with Crippen LogP contribution in [0.1, 0.15) is 41.4 Å². The van der Waals surface area contributed by atoms with Crippen molar-refractivity contribution in [3.63, 3.8) is 0 Å². The Hall–Kier alpha value is -4.18. The second kappa shape index (κ2) is 10.3. The van der Waals surface area contributed by atoms with Crippen molar-refractivity contribution >= 4 is 34.8 Å². The van der Waals surface area contributed by atoms with Crippen molar-refractivity contribution in [2.75, 3.05) is 13.9 Å². The van der Waals surface area contributed by atoms with Crippen molar-refractivity contribution in [3.05, 3.63) is 81.3 Å². The van der Waals surface area contributed by atoms with Crippen LogP contribution in [-0.2, 0) is 30.4 Å². The van der Waals surface area contributed by atoms with E-state index in [4.69, 9.17) is 18.9 Å². The molecule has 9 nitrogen and oxygen atoms in total. The molecule has 1 aromatic heterocycles. The summed E-state index contributed by atoms with van der Waals surface area (Å²) in [4.78, 5) is 53.2. The molecule has 3 aliphatic rings. The van der Waals surface area contributed by atoms with Crippen molar-refractivity contribution in [2.45, 2.75) is 38.3 Å². The number of fused-ring (bicyclic) bond motifs is 2. The predicted molar refractivity (Wildman–Crippen MR) is 136 cm³/mol. The van der Waals surface area contributed by atoms with Gasteiger partial charge in [-0.05, 0) is 66.6 Å². The van der Waals surface area contributed by atoms with Crippen LogP contribution in [0.5, 0.6) is 11.5 Å². The van der Waals surface area contributed by atoms with E-state index in [1.54, 1.807) is 29.8 Å². The van der Waals surface area contributed by atoms with Gasteiger partial charge in [-0.2, -0.15) is 0 Å². The molecule has 3 heterocycles. The standard InChI is InChI=1S/C28H25NO8S/c1-28(37-27(33)23-6-4-10-38-23)24(30)13-18-12-19(5-3-7-25(31)34-2)29(15-20(18)26(28)32)14-17-8-9-21-22(11-17)36-16-35-21/h4,6,8-13,15H,3,5,7,14,16H2,1-2H3. The summed E-state index contributed by atoms with van der Waals surface area (Å²) in [6.45, 7) is 1.88. The summed E-state index contributed by atoms with van der Waals surface area (Å²) in [5.41, 5.74) is 0.463. The fourth-order valence-electron chi connectivity index (χ4n) is 4.45. The van der Waals surface area contributed by atoms with Gasteiger partial charge in [0, 0.05) is 30.4 Å². The first-order valence-electron chi connectivity index (χ1n) is 12.0. The number of hydrogen-bond donors (Lipinski definition) is 0. The molecule has 0 saturated carbocycles. The zero-order chi connectivity index (χ0) is 26.9. The largest absolute Gasteiger partial charge is 0.469 e. The molecule has 38 heavy (non-hydrogen) atoms. The van der Waals surface area contributed by atoms with Crippen LogP contribution >= 0.6 is 11.3 Å². The molecule has 0 spiro atoms. The monoisotopic (exact) mass is 535 g/mol. The Morgan fingerprint density at radius 3 is 2.71 bits per heavy atom. The lowest BCUT2D eigenvalue weighted by molar-refractivity contribution is -0.145. The Labute approximate surface area is 222 Å². The number of nitrogens with zero attached hydrogens (tertiary/aromatic N) is 1. The number of hydrogen-bond acceptors (Lipinski definition) is 10. The zero-order valence-electron chi connectivity index (χ0n) is 20.9. The Morgan fingerprint density at radius 2 is 1.95 bits per heavy atom. The molecule has 2 aromatic rings. The van der Waals surface area contributed by atoms with Crippen LogP contribution in [0.15, 0.2) is 70.9 Å². The fourth-order valence-corrected chi connectivity index (χ4v) is 5.05. The van der Waals surface area contributed by atoms with Crippen molar-refractivity contribution < 1.29 is 38.1 Å². The quantitative estimate of drug-likeness (QED) is 0.365. The van der Waals surface area contributed by atoms with E-state index in [2.05, 4.69) is 0 Å². The molecule has 0 fully saturated rings. The average Bonchev–Trinajstić information content (AvgIpc) is 3.60. The summed E-state index contributed by atoms with van der Waals surface area (Å²) in [5.74, 6) is -0.941. The molecule has 0 amide bonds. The lowest BCUT2D eigenvalue weighted by Gasteiger charge is -2.35. The second-order valence-electron chi connectivity index (χ2n) is 9.12. The molecule has 1 aliphatic carbocycles. The van der Waals surface area contributed by atoms with Gasteiger partial charge >= 0.3 is 11.9 Å². The Bertz CT molecular complexity index is 1400. The van der Waals surface area contributed by atoms with Crippen LogP contribution in [-0.4, -0.2) is 47.9 Å². The summed E-state index contributed by atoms with van der Waals surface area (Å²) >= 11 is 1.17. The third-order valence-electron chi connectivity index (χ3n) is 6.57. The lowest BCUT2D eigenvalue weighted by Crippen LogP contribution is -2.51. The van der Waals surface area contributed by atoms with E-state index in [0.717, 1.165) is 11.3 Å². The number of ether oxygens (including phenoxy) is 4. The first kappa shape index (κ1) is 25.5. The van der Waals surface area contributed by atoms with Gasteiger partial charge in [-0.1, -0.05) is 12.1 Å². The van der Waals surface area contributed by atoms with Crippen LogP contribution < -0.4 is 9.47 Å². The number of Topliss-reactive ketones (excluding diaryl/α,β-unsaturated/α-hetero) is 1. The molecule has 1 unspecified atom stereocenters. The maximum absolute atomic E-state index is 13.6. The Kier molecular flexibility index (Phi) is 6.90. The number of carbonyl (C=O) groups is 4. The van der Waals surface area contributed by atoms with Gasteiger partial charge in [0.15, 0.2) is 11.5 Å². The van der Waals surface area contributed by atoms with Gasteiger partial charge in [0.05, 0.1) is 7.11 Å². The summed E-state index contributed by atoms with van der Waals surface area (Å²) in [6, 6.07) is 8.87. The van der Waals surface area contributed by atoms with Crippen molar-refractivity contribution in [1.82, 2.24) is 4.90 Å². The smallest absolute Gasteiger partial charge is 0.349 e. The molecule has 5 rings (SSSR count). The number of thiophene rings is 1. The van der Waals surface area contributed by atoms with Crippen LogP contribution in [0.4, 0.5) is 0 Å². The van der Waals surface area contributed by atoms with Gasteiger partial charge in [0.2, 0.25) is 24.0 Å². The summed E-state index contributed by atoms with van der Waals surface area (Å²) in [7, 11) is 1.34. The third-order valence-corrected chi connectivity index (χ3v) is 7.42. The average molecular weight is 536 g/mol. The topological polar surface area (TPSA) is 108 Å². The minimum absolute atomic E-state index is 0.157. The van der Waals surface area contributed by atoms with E-state index in [9.17, 15) is 19.2 Å². The molecule has 196 valence electrons. The molecule has 10 heteroatoms. The van der Waals surface area contributed by atoms with Gasteiger partial charge in [-0.3, -0.25) is 14.4 Å². The minimum Gasteiger partial charge on any atom is -0.469 e. The highest BCUT2D eigenvalue weighted by Crippen LogP contribution is 2.38. The Balaban J connectivity index is 1.45.